The van der Waals surface area contributed by atoms with Crippen LogP contribution >= 0.6 is 0 Å². The van der Waals surface area contributed by atoms with Gasteiger partial charge >= 0.3 is 5.97 Å². The van der Waals surface area contributed by atoms with Crippen LogP contribution in [0.1, 0.15) is 40.5 Å². The molecule has 0 aromatic heterocycles. The molecular formula is C11H20O2. The lowest BCUT2D eigenvalue weighted by atomic mass is 9.63. The first-order chi connectivity index (χ1) is 5.87. The van der Waals surface area contributed by atoms with Crippen LogP contribution < -0.4 is 0 Å². The number of aliphatic carboxylic acids is 1. The Hall–Kier alpha value is -0.530. The minimum atomic E-state index is -0.627. The summed E-state index contributed by atoms with van der Waals surface area (Å²) in [6, 6.07) is 0. The maximum atomic E-state index is 11.1. The number of hydrogen-bond donors (Lipinski definition) is 1. The van der Waals surface area contributed by atoms with E-state index in [1.807, 2.05) is 6.92 Å². The van der Waals surface area contributed by atoms with Crippen molar-refractivity contribution in [3.8, 4) is 0 Å². The molecule has 0 amide bonds. The Labute approximate surface area is 80.3 Å². The van der Waals surface area contributed by atoms with Gasteiger partial charge in [-0.15, -0.1) is 0 Å². The quantitative estimate of drug-likeness (QED) is 0.680. The van der Waals surface area contributed by atoms with Crippen LogP contribution in [-0.4, -0.2) is 11.1 Å². The molecule has 0 aromatic rings. The lowest BCUT2D eigenvalue weighted by molar-refractivity contribution is -0.153. The van der Waals surface area contributed by atoms with Crippen molar-refractivity contribution < 1.29 is 9.90 Å². The summed E-state index contributed by atoms with van der Waals surface area (Å²) in [5, 5.41) is 9.12. The summed E-state index contributed by atoms with van der Waals surface area (Å²) >= 11 is 0. The van der Waals surface area contributed by atoms with Crippen LogP contribution in [0.2, 0.25) is 0 Å². The van der Waals surface area contributed by atoms with Crippen molar-refractivity contribution in [2.24, 2.45) is 23.2 Å². The van der Waals surface area contributed by atoms with E-state index in [-0.39, 0.29) is 0 Å². The highest BCUT2D eigenvalue weighted by molar-refractivity contribution is 5.74. The van der Waals surface area contributed by atoms with Crippen molar-refractivity contribution in [1.29, 1.82) is 0 Å². The fourth-order valence-electron chi connectivity index (χ4n) is 2.61. The summed E-state index contributed by atoms with van der Waals surface area (Å²) in [7, 11) is 0. The summed E-state index contributed by atoms with van der Waals surface area (Å²) in [6.07, 6.45) is 1.65. The highest BCUT2D eigenvalue weighted by atomic mass is 16.4. The summed E-state index contributed by atoms with van der Waals surface area (Å²) in [5.74, 6) is 1.10. The number of carboxylic acid groups (broad SMARTS) is 1. The van der Waals surface area contributed by atoms with Crippen LogP contribution in [0.3, 0.4) is 0 Å². The molecule has 2 atom stereocenters. The lowest BCUT2D eigenvalue weighted by Crippen LogP contribution is -2.39. The Morgan fingerprint density at radius 1 is 1.23 bits per heavy atom. The highest BCUT2D eigenvalue weighted by Gasteiger charge is 2.42. The fourth-order valence-corrected chi connectivity index (χ4v) is 2.61. The topological polar surface area (TPSA) is 37.3 Å². The van der Waals surface area contributed by atoms with Crippen LogP contribution in [0, 0.1) is 23.2 Å². The van der Waals surface area contributed by atoms with Gasteiger partial charge in [0, 0.05) is 0 Å². The molecule has 1 fully saturated rings. The van der Waals surface area contributed by atoms with Crippen LogP contribution in [0.15, 0.2) is 0 Å². The zero-order chi connectivity index (χ0) is 10.2. The van der Waals surface area contributed by atoms with E-state index in [2.05, 4.69) is 20.8 Å². The van der Waals surface area contributed by atoms with Crippen molar-refractivity contribution in [1.82, 2.24) is 0 Å². The molecule has 0 saturated heterocycles. The summed E-state index contributed by atoms with van der Waals surface area (Å²) in [5.41, 5.74) is -0.481. The van der Waals surface area contributed by atoms with Gasteiger partial charge in [0.15, 0.2) is 0 Å². The molecule has 0 aliphatic heterocycles. The van der Waals surface area contributed by atoms with Gasteiger partial charge in [-0.05, 0) is 37.5 Å². The zero-order valence-corrected chi connectivity index (χ0v) is 9.00. The molecule has 1 rings (SSSR count). The van der Waals surface area contributed by atoms with E-state index in [4.69, 9.17) is 5.11 Å². The number of hydrogen-bond acceptors (Lipinski definition) is 1. The molecule has 1 N–H and O–H groups in total. The molecule has 76 valence electrons. The summed E-state index contributed by atoms with van der Waals surface area (Å²) in [6.45, 7) is 8.45. The molecule has 1 aliphatic rings. The molecule has 0 aromatic carbocycles. The Morgan fingerprint density at radius 2 is 1.62 bits per heavy atom. The van der Waals surface area contributed by atoms with Crippen LogP contribution in [0.4, 0.5) is 0 Å². The summed E-state index contributed by atoms with van der Waals surface area (Å²) < 4.78 is 0. The minimum Gasteiger partial charge on any atom is -0.481 e. The van der Waals surface area contributed by atoms with Crippen LogP contribution in [-0.2, 0) is 4.79 Å². The Balaban J connectivity index is 2.79. The number of carboxylic acids is 1. The second kappa shape index (κ2) is 3.32. The molecule has 0 bridgehead atoms. The largest absolute Gasteiger partial charge is 0.481 e. The molecule has 0 radical (unpaired) electrons. The van der Waals surface area contributed by atoms with E-state index in [9.17, 15) is 4.79 Å². The molecule has 0 unspecified atom stereocenters. The third kappa shape index (κ3) is 1.87. The molecule has 1 saturated carbocycles. The van der Waals surface area contributed by atoms with Gasteiger partial charge in [0.25, 0.3) is 0 Å². The molecule has 1 aliphatic carbocycles. The van der Waals surface area contributed by atoms with E-state index in [0.29, 0.717) is 17.8 Å². The predicted molar refractivity (Wildman–Crippen MR) is 52.5 cm³/mol. The molecule has 13 heavy (non-hydrogen) atoms. The van der Waals surface area contributed by atoms with Gasteiger partial charge in [-0.25, -0.2) is 0 Å². The smallest absolute Gasteiger partial charge is 0.309 e. The van der Waals surface area contributed by atoms with Gasteiger partial charge in [0.1, 0.15) is 0 Å². The van der Waals surface area contributed by atoms with Gasteiger partial charge in [-0.3, -0.25) is 4.79 Å². The van der Waals surface area contributed by atoms with E-state index in [1.165, 1.54) is 0 Å². The third-order valence-corrected chi connectivity index (χ3v) is 3.86. The van der Waals surface area contributed by atoms with E-state index in [1.54, 1.807) is 0 Å². The fraction of sp³-hybridized carbons (Fsp3) is 0.909. The first-order valence-corrected chi connectivity index (χ1v) is 5.10. The van der Waals surface area contributed by atoms with E-state index < -0.39 is 11.4 Å². The molecule has 0 heterocycles. The van der Waals surface area contributed by atoms with Crippen molar-refractivity contribution in [3.63, 3.8) is 0 Å². The van der Waals surface area contributed by atoms with E-state index in [0.717, 1.165) is 12.8 Å². The SMILES string of the molecule is CC1[C@H](C)CC(C)(C(=O)O)C[C@H]1C. The first-order valence-electron chi connectivity index (χ1n) is 5.10. The third-order valence-electron chi connectivity index (χ3n) is 3.86. The van der Waals surface area contributed by atoms with Crippen molar-refractivity contribution in [3.05, 3.63) is 0 Å². The maximum absolute atomic E-state index is 11.1. The van der Waals surface area contributed by atoms with Gasteiger partial charge < -0.3 is 5.11 Å². The van der Waals surface area contributed by atoms with Gasteiger partial charge in [-0.1, -0.05) is 20.8 Å². The number of carbonyl (C=O) groups is 1. The number of rotatable bonds is 1. The van der Waals surface area contributed by atoms with Gasteiger partial charge in [0.05, 0.1) is 5.41 Å². The maximum Gasteiger partial charge on any atom is 0.309 e. The minimum absolute atomic E-state index is 0.481. The van der Waals surface area contributed by atoms with Gasteiger partial charge in [-0.2, -0.15) is 0 Å². The highest BCUT2D eigenvalue weighted by Crippen LogP contribution is 2.45. The second-order valence-corrected chi connectivity index (χ2v) is 5.09. The van der Waals surface area contributed by atoms with Crippen LogP contribution in [0.5, 0.6) is 0 Å². The summed E-state index contributed by atoms with van der Waals surface area (Å²) in [4.78, 5) is 11.1. The molecular weight excluding hydrogens is 164 g/mol. The lowest BCUT2D eigenvalue weighted by Gasteiger charge is -2.41. The first kappa shape index (κ1) is 10.6. The van der Waals surface area contributed by atoms with E-state index >= 15 is 0 Å². The van der Waals surface area contributed by atoms with Crippen molar-refractivity contribution in [2.75, 3.05) is 0 Å². The molecule has 2 nitrogen and oxygen atoms in total. The second-order valence-electron chi connectivity index (χ2n) is 5.09. The predicted octanol–water partition coefficient (Wildman–Crippen LogP) is 2.78. The van der Waals surface area contributed by atoms with Crippen LogP contribution in [0.25, 0.3) is 0 Å². The van der Waals surface area contributed by atoms with Crippen molar-refractivity contribution >= 4 is 5.97 Å². The average molecular weight is 184 g/mol. The molecule has 0 spiro atoms. The normalized spacial score (nSPS) is 46.0. The monoisotopic (exact) mass is 184 g/mol. The zero-order valence-electron chi connectivity index (χ0n) is 9.00. The molecule has 2 heteroatoms. The standard InChI is InChI=1S/C11H20O2/c1-7-5-11(4,10(12)13)6-8(2)9(7)3/h7-9H,5-6H2,1-4H3,(H,12,13)/t7-,8-,9?,11?/m1/s1. The Kier molecular flexibility index (Phi) is 2.69. The van der Waals surface area contributed by atoms with Crippen molar-refractivity contribution in [2.45, 2.75) is 40.5 Å². The van der Waals surface area contributed by atoms with Gasteiger partial charge in [0.2, 0.25) is 0 Å². The average Bonchev–Trinajstić information content (AvgIpc) is 2.00. The Bertz CT molecular complexity index is 198. The Morgan fingerprint density at radius 3 is 1.92 bits per heavy atom.